The van der Waals surface area contributed by atoms with Gasteiger partial charge in [0.05, 0.1) is 6.61 Å². The molecule has 0 amide bonds. The van der Waals surface area contributed by atoms with Gasteiger partial charge >= 0.3 is 5.97 Å². The van der Waals surface area contributed by atoms with E-state index in [1.807, 2.05) is 6.08 Å². The van der Waals surface area contributed by atoms with E-state index >= 15 is 0 Å². The second kappa shape index (κ2) is 8.31. The van der Waals surface area contributed by atoms with Crippen LogP contribution >= 0.6 is 0 Å². The summed E-state index contributed by atoms with van der Waals surface area (Å²) in [7, 11) is 0. The lowest BCUT2D eigenvalue weighted by atomic mass is 10.3. The van der Waals surface area contributed by atoms with E-state index in [0.717, 1.165) is 25.7 Å². The van der Waals surface area contributed by atoms with E-state index in [-0.39, 0.29) is 5.97 Å². The smallest absolute Gasteiger partial charge is 0.330 e. The summed E-state index contributed by atoms with van der Waals surface area (Å²) >= 11 is 0. The van der Waals surface area contributed by atoms with Crippen LogP contribution in [-0.2, 0) is 9.53 Å². The highest BCUT2D eigenvalue weighted by Gasteiger charge is 1.93. The second-order valence-corrected chi connectivity index (χ2v) is 2.71. The fourth-order valence-electron chi connectivity index (χ4n) is 0.711. The van der Waals surface area contributed by atoms with Crippen LogP contribution in [0.5, 0.6) is 0 Å². The lowest BCUT2D eigenvalue weighted by Gasteiger charge is -1.98. The average molecular weight is 170 g/mol. The van der Waals surface area contributed by atoms with Gasteiger partial charge in [-0.1, -0.05) is 32.8 Å². The van der Waals surface area contributed by atoms with Gasteiger partial charge in [0.2, 0.25) is 0 Å². The summed E-state index contributed by atoms with van der Waals surface area (Å²) in [5, 5.41) is 0. The molecule has 0 unspecified atom stereocenters. The number of hydrogen-bond acceptors (Lipinski definition) is 2. The van der Waals surface area contributed by atoms with Gasteiger partial charge in [0.15, 0.2) is 0 Å². The molecule has 2 heteroatoms. The summed E-state index contributed by atoms with van der Waals surface area (Å²) in [5.41, 5.74) is 0. The molecule has 0 radical (unpaired) electrons. The van der Waals surface area contributed by atoms with E-state index in [1.165, 1.54) is 6.08 Å². The van der Waals surface area contributed by atoms with Crippen molar-refractivity contribution in [2.75, 3.05) is 6.61 Å². The van der Waals surface area contributed by atoms with E-state index in [9.17, 15) is 4.79 Å². The van der Waals surface area contributed by atoms with Crippen LogP contribution in [0.15, 0.2) is 12.2 Å². The molecule has 70 valence electrons. The van der Waals surface area contributed by atoms with Gasteiger partial charge in [-0.25, -0.2) is 4.79 Å². The molecule has 0 heterocycles. The number of esters is 1. The molecule has 0 saturated carbocycles. The van der Waals surface area contributed by atoms with E-state index in [2.05, 4.69) is 13.8 Å². The van der Waals surface area contributed by atoms with Crippen LogP contribution in [0.3, 0.4) is 0 Å². The van der Waals surface area contributed by atoms with Crippen LogP contribution in [0, 0.1) is 0 Å². The van der Waals surface area contributed by atoms with Crippen LogP contribution in [-0.4, -0.2) is 12.6 Å². The van der Waals surface area contributed by atoms with E-state index < -0.39 is 0 Å². The molecule has 0 aromatic carbocycles. The number of hydrogen-bond donors (Lipinski definition) is 0. The van der Waals surface area contributed by atoms with Crippen LogP contribution in [0.1, 0.15) is 39.5 Å². The molecule has 0 rings (SSSR count). The third kappa shape index (κ3) is 7.32. The molecule has 12 heavy (non-hydrogen) atoms. The second-order valence-electron chi connectivity index (χ2n) is 2.71. The largest absolute Gasteiger partial charge is 0.463 e. The van der Waals surface area contributed by atoms with Crippen LogP contribution in [0.4, 0.5) is 0 Å². The van der Waals surface area contributed by atoms with E-state index in [0.29, 0.717) is 6.61 Å². The first-order valence-corrected chi connectivity index (χ1v) is 4.64. The Kier molecular flexibility index (Phi) is 7.76. The summed E-state index contributed by atoms with van der Waals surface area (Å²) in [6.45, 7) is 4.69. The maximum Gasteiger partial charge on any atom is 0.330 e. The zero-order valence-electron chi connectivity index (χ0n) is 8.01. The van der Waals surface area contributed by atoms with Crippen molar-refractivity contribution in [2.24, 2.45) is 0 Å². The Balaban J connectivity index is 3.33. The Labute approximate surface area is 74.6 Å². The maximum atomic E-state index is 10.9. The molecule has 0 spiro atoms. The molecular formula is C10H18O2. The van der Waals surface area contributed by atoms with E-state index in [1.54, 1.807) is 0 Å². The summed E-state index contributed by atoms with van der Waals surface area (Å²) in [6.07, 6.45) is 7.40. The Hall–Kier alpha value is -0.790. The molecule has 0 fully saturated rings. The lowest BCUT2D eigenvalue weighted by molar-refractivity contribution is -0.137. The third-order valence-electron chi connectivity index (χ3n) is 1.45. The highest BCUT2D eigenvalue weighted by atomic mass is 16.5. The number of unbranched alkanes of at least 4 members (excludes halogenated alkanes) is 2. The van der Waals surface area contributed by atoms with Gasteiger partial charge < -0.3 is 4.74 Å². The SMILES string of the molecule is CCCC=CC(=O)OCCCC. The molecule has 2 nitrogen and oxygen atoms in total. The highest BCUT2D eigenvalue weighted by Crippen LogP contribution is 1.92. The molecular weight excluding hydrogens is 152 g/mol. The molecule has 0 N–H and O–H groups in total. The Bertz CT molecular complexity index is 139. The van der Waals surface area contributed by atoms with Crippen molar-refractivity contribution in [3.8, 4) is 0 Å². The topological polar surface area (TPSA) is 26.3 Å². The van der Waals surface area contributed by atoms with E-state index in [4.69, 9.17) is 4.74 Å². The standard InChI is InChI=1S/C10H18O2/c1-3-5-7-8-10(11)12-9-6-4-2/h7-8H,3-6,9H2,1-2H3. The highest BCUT2D eigenvalue weighted by molar-refractivity contribution is 5.81. The number of carbonyl (C=O) groups is 1. The van der Waals surface area contributed by atoms with Crippen molar-refractivity contribution < 1.29 is 9.53 Å². The van der Waals surface area contributed by atoms with Gasteiger partial charge in [0.25, 0.3) is 0 Å². The molecule has 0 aromatic rings. The Morgan fingerprint density at radius 2 is 2.08 bits per heavy atom. The molecule has 0 saturated heterocycles. The van der Waals surface area contributed by atoms with Gasteiger partial charge in [-0.05, 0) is 12.8 Å². The number of rotatable bonds is 6. The Morgan fingerprint density at radius 1 is 1.33 bits per heavy atom. The molecule has 0 aliphatic heterocycles. The monoisotopic (exact) mass is 170 g/mol. The molecule has 0 atom stereocenters. The van der Waals surface area contributed by atoms with Gasteiger partial charge in [0, 0.05) is 6.08 Å². The maximum absolute atomic E-state index is 10.9. The van der Waals surface area contributed by atoms with Crippen LogP contribution < -0.4 is 0 Å². The van der Waals surface area contributed by atoms with Gasteiger partial charge in [0.1, 0.15) is 0 Å². The van der Waals surface area contributed by atoms with Crippen LogP contribution in [0.2, 0.25) is 0 Å². The quantitative estimate of drug-likeness (QED) is 0.348. The number of allylic oxidation sites excluding steroid dienone is 1. The zero-order valence-corrected chi connectivity index (χ0v) is 8.01. The van der Waals surface area contributed by atoms with Crippen molar-refractivity contribution in [1.29, 1.82) is 0 Å². The summed E-state index contributed by atoms with van der Waals surface area (Å²) in [6, 6.07) is 0. The first-order chi connectivity index (χ1) is 5.81. The van der Waals surface area contributed by atoms with Crippen molar-refractivity contribution in [1.82, 2.24) is 0 Å². The summed E-state index contributed by atoms with van der Waals surface area (Å²) in [4.78, 5) is 10.9. The predicted octanol–water partition coefficient (Wildman–Crippen LogP) is 2.69. The fraction of sp³-hybridized carbons (Fsp3) is 0.700. The van der Waals surface area contributed by atoms with Gasteiger partial charge in [-0.3, -0.25) is 0 Å². The average Bonchev–Trinajstić information content (AvgIpc) is 2.06. The zero-order chi connectivity index (χ0) is 9.23. The van der Waals surface area contributed by atoms with Crippen molar-refractivity contribution in [3.63, 3.8) is 0 Å². The minimum atomic E-state index is -0.211. The third-order valence-corrected chi connectivity index (χ3v) is 1.45. The molecule has 0 aromatic heterocycles. The number of carbonyl (C=O) groups excluding carboxylic acids is 1. The van der Waals surface area contributed by atoms with Crippen molar-refractivity contribution >= 4 is 5.97 Å². The molecule has 0 aliphatic rings. The first-order valence-electron chi connectivity index (χ1n) is 4.64. The predicted molar refractivity (Wildman–Crippen MR) is 49.9 cm³/mol. The molecule has 0 aliphatic carbocycles. The van der Waals surface area contributed by atoms with Crippen LogP contribution in [0.25, 0.3) is 0 Å². The van der Waals surface area contributed by atoms with Crippen molar-refractivity contribution in [3.05, 3.63) is 12.2 Å². The van der Waals surface area contributed by atoms with Gasteiger partial charge in [-0.15, -0.1) is 0 Å². The summed E-state index contributed by atoms with van der Waals surface area (Å²) < 4.78 is 4.90. The molecule has 0 bridgehead atoms. The summed E-state index contributed by atoms with van der Waals surface area (Å²) in [5.74, 6) is -0.211. The minimum absolute atomic E-state index is 0.211. The minimum Gasteiger partial charge on any atom is -0.463 e. The van der Waals surface area contributed by atoms with Crippen molar-refractivity contribution in [2.45, 2.75) is 39.5 Å². The fourth-order valence-corrected chi connectivity index (χ4v) is 0.711. The first kappa shape index (κ1) is 11.2. The van der Waals surface area contributed by atoms with Gasteiger partial charge in [-0.2, -0.15) is 0 Å². The normalized spacial score (nSPS) is 10.5. The lowest BCUT2D eigenvalue weighted by Crippen LogP contribution is -2.01. The number of ether oxygens (including phenoxy) is 1. The Morgan fingerprint density at radius 3 is 2.67 bits per heavy atom.